The third-order valence-electron chi connectivity index (χ3n) is 2.23. The van der Waals surface area contributed by atoms with Crippen LogP contribution < -0.4 is 31.6 Å². The van der Waals surface area contributed by atoms with Crippen LogP contribution >= 0.6 is 23.2 Å². The van der Waals surface area contributed by atoms with E-state index in [1.54, 1.807) is 10.6 Å². The van der Waals surface area contributed by atoms with Gasteiger partial charge in [-0.2, -0.15) is 0 Å². The molecule has 0 bridgehead atoms. The van der Waals surface area contributed by atoms with Gasteiger partial charge in [-0.15, -0.1) is 0 Å². The molecule has 0 saturated carbocycles. The van der Waals surface area contributed by atoms with E-state index in [2.05, 4.69) is 0 Å². The average Bonchev–Trinajstić information content (AvgIpc) is 2.43. The molecule has 6 amide bonds. The predicted molar refractivity (Wildman–Crippen MR) is 82.9 cm³/mol. The van der Waals surface area contributed by atoms with E-state index in [0.29, 0.717) is 0 Å². The van der Waals surface area contributed by atoms with Gasteiger partial charge in [0, 0.05) is 6.07 Å². The average molecular weight is 379 g/mol. The third kappa shape index (κ3) is 6.58. The standard InChI is InChI=1S/C12H12Cl2N4O6/c13-5-1-6(14)8(24-4-10(20)18-12(16)22)2-7(5)23-3-9(19)17-11(15)21/h1-2H,3-4H2,(H3,15,17,19,21)(H3,16,18,20,22). The molecule has 10 nitrogen and oxygen atoms in total. The summed E-state index contributed by atoms with van der Waals surface area (Å²) in [6, 6.07) is 0.413. The molecule has 0 aliphatic rings. The fraction of sp³-hybridized carbons (Fsp3) is 0.167. The van der Waals surface area contributed by atoms with Crippen LogP contribution in [-0.4, -0.2) is 37.1 Å². The van der Waals surface area contributed by atoms with Crippen molar-refractivity contribution < 1.29 is 28.7 Å². The first-order chi connectivity index (χ1) is 11.2. The Kier molecular flexibility index (Phi) is 7.08. The van der Waals surface area contributed by atoms with Crippen LogP contribution in [-0.2, 0) is 9.59 Å². The molecule has 0 unspecified atom stereocenters. The predicted octanol–water partition coefficient (Wildman–Crippen LogP) is 0.141. The molecule has 1 aromatic rings. The molecule has 0 spiro atoms. The SMILES string of the molecule is NC(=O)NC(=O)COc1cc(OCC(=O)NC(N)=O)c(Cl)cc1Cl. The number of hydrogen-bond acceptors (Lipinski definition) is 6. The molecule has 0 aromatic heterocycles. The summed E-state index contributed by atoms with van der Waals surface area (Å²) in [7, 11) is 0. The van der Waals surface area contributed by atoms with Gasteiger partial charge in [0.25, 0.3) is 11.8 Å². The largest absolute Gasteiger partial charge is 0.482 e. The van der Waals surface area contributed by atoms with Gasteiger partial charge in [0.2, 0.25) is 0 Å². The molecule has 24 heavy (non-hydrogen) atoms. The number of amides is 6. The van der Waals surface area contributed by atoms with Gasteiger partial charge in [0.05, 0.1) is 10.0 Å². The zero-order chi connectivity index (χ0) is 18.3. The van der Waals surface area contributed by atoms with E-state index in [1.165, 1.54) is 12.1 Å². The van der Waals surface area contributed by atoms with Gasteiger partial charge in [-0.3, -0.25) is 20.2 Å². The number of primary amides is 2. The Morgan fingerprint density at radius 1 is 0.833 bits per heavy atom. The van der Waals surface area contributed by atoms with Gasteiger partial charge in [0.15, 0.2) is 13.2 Å². The molecule has 0 heterocycles. The number of carbonyl (C=O) groups is 4. The van der Waals surface area contributed by atoms with Crippen LogP contribution in [0.25, 0.3) is 0 Å². The van der Waals surface area contributed by atoms with E-state index in [-0.39, 0.29) is 21.5 Å². The summed E-state index contributed by atoms with van der Waals surface area (Å²) in [6.45, 7) is -1.10. The van der Waals surface area contributed by atoms with Crippen molar-refractivity contribution in [3.05, 3.63) is 22.2 Å². The molecule has 0 aliphatic heterocycles. The van der Waals surface area contributed by atoms with E-state index in [9.17, 15) is 19.2 Å². The Morgan fingerprint density at radius 2 is 1.21 bits per heavy atom. The van der Waals surface area contributed by atoms with Crippen molar-refractivity contribution >= 4 is 47.1 Å². The van der Waals surface area contributed by atoms with Crippen molar-refractivity contribution in [2.45, 2.75) is 0 Å². The van der Waals surface area contributed by atoms with Crippen LogP contribution in [0.1, 0.15) is 0 Å². The number of ether oxygens (including phenoxy) is 2. The van der Waals surface area contributed by atoms with Gasteiger partial charge in [-0.1, -0.05) is 23.2 Å². The minimum atomic E-state index is -1.03. The Balaban J connectivity index is 2.74. The maximum Gasteiger partial charge on any atom is 0.318 e. The number of imide groups is 2. The van der Waals surface area contributed by atoms with Gasteiger partial charge >= 0.3 is 12.1 Å². The van der Waals surface area contributed by atoms with Crippen molar-refractivity contribution in [1.82, 2.24) is 10.6 Å². The smallest absolute Gasteiger partial charge is 0.318 e. The minimum absolute atomic E-state index is 0.00555. The molecular weight excluding hydrogens is 367 g/mol. The summed E-state index contributed by atoms with van der Waals surface area (Å²) in [6.07, 6.45) is 0. The minimum Gasteiger partial charge on any atom is -0.482 e. The Bertz CT molecular complexity index is 629. The maximum absolute atomic E-state index is 11.3. The molecule has 0 fully saturated rings. The van der Waals surface area contributed by atoms with Crippen molar-refractivity contribution in [3.63, 3.8) is 0 Å². The number of rotatable bonds is 6. The molecule has 12 heteroatoms. The molecular formula is C12H12Cl2N4O6. The molecule has 0 saturated heterocycles. The quantitative estimate of drug-likeness (QED) is 0.549. The van der Waals surface area contributed by atoms with E-state index < -0.39 is 37.1 Å². The maximum atomic E-state index is 11.3. The molecule has 0 atom stereocenters. The van der Waals surface area contributed by atoms with Crippen LogP contribution in [0.4, 0.5) is 9.59 Å². The second-order valence-electron chi connectivity index (χ2n) is 4.12. The monoisotopic (exact) mass is 378 g/mol. The van der Waals surface area contributed by atoms with Crippen molar-refractivity contribution in [2.75, 3.05) is 13.2 Å². The molecule has 130 valence electrons. The lowest BCUT2D eigenvalue weighted by Gasteiger charge is -2.12. The highest BCUT2D eigenvalue weighted by atomic mass is 35.5. The van der Waals surface area contributed by atoms with Crippen molar-refractivity contribution in [3.8, 4) is 11.5 Å². The van der Waals surface area contributed by atoms with E-state index in [4.69, 9.17) is 44.1 Å². The number of benzene rings is 1. The lowest BCUT2D eigenvalue weighted by atomic mass is 10.3. The molecule has 1 rings (SSSR count). The number of carbonyl (C=O) groups excluding carboxylic acids is 4. The number of hydrogen-bond donors (Lipinski definition) is 4. The van der Waals surface area contributed by atoms with E-state index in [1.807, 2.05) is 0 Å². The Hall–Kier alpha value is -2.72. The molecule has 0 aliphatic carbocycles. The van der Waals surface area contributed by atoms with Gasteiger partial charge in [-0.05, 0) is 6.07 Å². The van der Waals surface area contributed by atoms with Crippen molar-refractivity contribution in [1.29, 1.82) is 0 Å². The second-order valence-corrected chi connectivity index (χ2v) is 4.93. The summed E-state index contributed by atoms with van der Waals surface area (Å²) >= 11 is 11.8. The van der Waals surface area contributed by atoms with Crippen LogP contribution in [0.5, 0.6) is 11.5 Å². The highest BCUT2D eigenvalue weighted by Crippen LogP contribution is 2.35. The molecule has 1 aromatic carbocycles. The number of nitrogens with one attached hydrogen (secondary N) is 2. The summed E-state index contributed by atoms with van der Waals surface area (Å²) < 4.78 is 10.2. The third-order valence-corrected chi connectivity index (χ3v) is 2.82. The summed E-state index contributed by atoms with van der Waals surface area (Å²) in [5.74, 6) is -1.58. The second kappa shape index (κ2) is 8.79. The first-order valence-electron chi connectivity index (χ1n) is 6.12. The summed E-state index contributed by atoms with van der Waals surface area (Å²) in [5.41, 5.74) is 9.56. The fourth-order valence-corrected chi connectivity index (χ4v) is 1.86. The summed E-state index contributed by atoms with van der Waals surface area (Å²) in [4.78, 5) is 43.6. The van der Waals surface area contributed by atoms with Crippen LogP contribution in [0.3, 0.4) is 0 Å². The molecule has 0 radical (unpaired) electrons. The topological polar surface area (TPSA) is 163 Å². The zero-order valence-corrected chi connectivity index (χ0v) is 13.4. The zero-order valence-electron chi connectivity index (χ0n) is 11.9. The van der Waals surface area contributed by atoms with Gasteiger partial charge < -0.3 is 20.9 Å². The highest BCUT2D eigenvalue weighted by molar-refractivity contribution is 6.36. The number of urea groups is 2. The fourth-order valence-electron chi connectivity index (χ4n) is 1.37. The van der Waals surface area contributed by atoms with Gasteiger partial charge in [-0.25, -0.2) is 9.59 Å². The number of nitrogens with two attached hydrogens (primary N) is 2. The van der Waals surface area contributed by atoms with Crippen LogP contribution in [0, 0.1) is 0 Å². The van der Waals surface area contributed by atoms with Crippen LogP contribution in [0.15, 0.2) is 12.1 Å². The summed E-state index contributed by atoms with van der Waals surface area (Å²) in [5, 5.41) is 3.70. The van der Waals surface area contributed by atoms with Crippen LogP contribution in [0.2, 0.25) is 10.0 Å². The number of halogens is 2. The van der Waals surface area contributed by atoms with E-state index >= 15 is 0 Å². The van der Waals surface area contributed by atoms with Crippen molar-refractivity contribution in [2.24, 2.45) is 11.5 Å². The normalized spacial score (nSPS) is 9.75. The lowest BCUT2D eigenvalue weighted by Crippen LogP contribution is -2.38. The first kappa shape index (κ1) is 19.3. The first-order valence-corrected chi connectivity index (χ1v) is 6.88. The van der Waals surface area contributed by atoms with Gasteiger partial charge in [0.1, 0.15) is 11.5 Å². The highest BCUT2D eigenvalue weighted by Gasteiger charge is 2.14. The lowest BCUT2D eigenvalue weighted by molar-refractivity contribution is -0.122. The molecule has 6 N–H and O–H groups in total. The Labute approximate surface area is 145 Å². The van der Waals surface area contributed by atoms with E-state index in [0.717, 1.165) is 0 Å². The Morgan fingerprint density at radius 3 is 1.54 bits per heavy atom.